The largest absolute Gasteiger partial charge is 0.478 e. The molecule has 0 unspecified atom stereocenters. The Morgan fingerprint density at radius 2 is 1.33 bits per heavy atom. The number of furan rings is 2. The lowest BCUT2D eigenvalue weighted by atomic mass is 10.1. The molecule has 0 fully saturated rings. The van der Waals surface area contributed by atoms with Crippen molar-refractivity contribution in [3.05, 3.63) is 23.3 Å². The van der Waals surface area contributed by atoms with Crippen LogP contribution in [0.15, 0.2) is 16.5 Å². The zero-order valence-corrected chi connectivity index (χ0v) is 8.27. The van der Waals surface area contributed by atoms with Crippen molar-refractivity contribution in [2.24, 2.45) is 0 Å². The molecule has 0 aliphatic heterocycles. The molecule has 5 heteroatoms. The third-order valence-corrected chi connectivity index (χ3v) is 1.78. The third kappa shape index (κ3) is 1.63. The monoisotopic (exact) mass is 210 g/mol. The predicted molar refractivity (Wildman–Crippen MR) is 52.7 cm³/mol. The van der Waals surface area contributed by atoms with Gasteiger partial charge < -0.3 is 14.6 Å². The smallest absolute Gasteiger partial charge is 0.340 e. The highest BCUT2D eigenvalue weighted by Gasteiger charge is 2.26. The van der Waals surface area contributed by atoms with Gasteiger partial charge in [0.05, 0.1) is 0 Å². The minimum absolute atomic E-state index is 0.0971. The van der Waals surface area contributed by atoms with E-state index in [1.54, 1.807) is 0 Å². The van der Waals surface area contributed by atoms with Crippen molar-refractivity contribution < 1.29 is 24.2 Å². The number of fused-ring (bicyclic) bond motifs is 2. The van der Waals surface area contributed by atoms with Gasteiger partial charge in [0.15, 0.2) is 0 Å². The molecule has 0 saturated carbocycles. The molecule has 0 amide bonds. The van der Waals surface area contributed by atoms with Crippen molar-refractivity contribution in [1.82, 2.24) is 0 Å². The molecular formula is C10H10O5. The van der Waals surface area contributed by atoms with Crippen molar-refractivity contribution in [3.63, 3.8) is 0 Å². The lowest BCUT2D eigenvalue weighted by Crippen LogP contribution is -2.05. The average molecular weight is 210 g/mol. The Balaban J connectivity index is 0.000000531. The van der Waals surface area contributed by atoms with Crippen molar-refractivity contribution >= 4 is 23.1 Å². The molecule has 0 radical (unpaired) electrons. The van der Waals surface area contributed by atoms with Crippen LogP contribution in [0.3, 0.4) is 0 Å². The van der Waals surface area contributed by atoms with Crippen LogP contribution < -0.4 is 0 Å². The lowest BCUT2D eigenvalue weighted by molar-refractivity contribution is 0.0655. The van der Waals surface area contributed by atoms with E-state index in [0.717, 1.165) is 0 Å². The molecule has 80 valence electrons. The molecule has 0 aliphatic rings. The molecule has 0 aliphatic carbocycles. The summed E-state index contributed by atoms with van der Waals surface area (Å²) in [7, 11) is 0. The molecule has 15 heavy (non-hydrogen) atoms. The van der Waals surface area contributed by atoms with E-state index in [0.29, 0.717) is 0 Å². The molecule has 2 heterocycles. The highest BCUT2D eigenvalue weighted by Crippen LogP contribution is 2.28. The fourth-order valence-corrected chi connectivity index (χ4v) is 1.28. The zero-order valence-electron chi connectivity index (χ0n) is 8.27. The SMILES string of the molecule is CC.O=C(O)c1c(C(=O)O)c2ccc1o2. The number of hydrogen-bond acceptors (Lipinski definition) is 3. The maximum absolute atomic E-state index is 10.6. The Bertz CT molecular complexity index is 439. The number of rotatable bonds is 2. The van der Waals surface area contributed by atoms with Crippen LogP contribution >= 0.6 is 0 Å². The summed E-state index contributed by atoms with van der Waals surface area (Å²) in [6.07, 6.45) is 0. The third-order valence-electron chi connectivity index (χ3n) is 1.78. The fourth-order valence-electron chi connectivity index (χ4n) is 1.28. The zero-order chi connectivity index (χ0) is 11.6. The first kappa shape index (κ1) is 11.0. The second-order valence-corrected chi connectivity index (χ2v) is 2.52. The first-order valence-electron chi connectivity index (χ1n) is 4.42. The van der Waals surface area contributed by atoms with Crippen molar-refractivity contribution in [2.45, 2.75) is 13.8 Å². The molecule has 2 aromatic heterocycles. The second-order valence-electron chi connectivity index (χ2n) is 2.52. The van der Waals surface area contributed by atoms with Crippen LogP contribution in [0.4, 0.5) is 0 Å². The number of carboxylic acid groups (broad SMARTS) is 2. The summed E-state index contributed by atoms with van der Waals surface area (Å²) in [4.78, 5) is 21.3. The average Bonchev–Trinajstić information content (AvgIpc) is 2.79. The van der Waals surface area contributed by atoms with E-state index >= 15 is 0 Å². The maximum Gasteiger partial charge on any atom is 0.340 e. The topological polar surface area (TPSA) is 87.7 Å². The molecule has 0 spiro atoms. The van der Waals surface area contributed by atoms with E-state index in [9.17, 15) is 9.59 Å². The minimum atomic E-state index is -1.29. The second kappa shape index (κ2) is 4.00. The first-order chi connectivity index (χ1) is 7.11. The van der Waals surface area contributed by atoms with Crippen LogP contribution in [0.1, 0.15) is 34.6 Å². The van der Waals surface area contributed by atoms with E-state index in [4.69, 9.17) is 14.6 Å². The van der Waals surface area contributed by atoms with Gasteiger partial charge in [-0.25, -0.2) is 9.59 Å². The highest BCUT2D eigenvalue weighted by atomic mass is 16.4. The predicted octanol–water partition coefficient (Wildman–Crippen LogP) is 2.29. The number of benzene rings is 1. The lowest BCUT2D eigenvalue weighted by Gasteiger charge is -1.93. The van der Waals surface area contributed by atoms with Crippen LogP contribution in [0.25, 0.3) is 11.2 Å². The fraction of sp³-hybridized carbons (Fsp3) is 0.200. The Kier molecular flexibility index (Phi) is 2.94. The Morgan fingerprint density at radius 1 is 1.00 bits per heavy atom. The Hall–Kier alpha value is -2.04. The van der Waals surface area contributed by atoms with Crippen molar-refractivity contribution in [1.29, 1.82) is 0 Å². The van der Waals surface area contributed by atoms with Gasteiger partial charge in [-0.3, -0.25) is 0 Å². The van der Waals surface area contributed by atoms with Crippen LogP contribution in [-0.2, 0) is 0 Å². The molecule has 2 rings (SSSR count). The summed E-state index contributed by atoms with van der Waals surface area (Å²) in [6.45, 7) is 4.00. The van der Waals surface area contributed by atoms with Gasteiger partial charge in [-0.05, 0) is 12.1 Å². The Labute approximate surface area is 85.3 Å². The van der Waals surface area contributed by atoms with Gasteiger partial charge in [0.2, 0.25) is 0 Å². The van der Waals surface area contributed by atoms with Gasteiger partial charge in [-0.15, -0.1) is 0 Å². The first-order valence-corrected chi connectivity index (χ1v) is 4.42. The van der Waals surface area contributed by atoms with Crippen LogP contribution in [0, 0.1) is 0 Å². The molecule has 2 aromatic rings. The summed E-state index contributed by atoms with van der Waals surface area (Å²) in [5, 5.41) is 17.4. The summed E-state index contributed by atoms with van der Waals surface area (Å²) in [5.74, 6) is -2.57. The molecule has 0 atom stereocenters. The maximum atomic E-state index is 10.6. The molecule has 0 saturated heterocycles. The summed E-state index contributed by atoms with van der Waals surface area (Å²) >= 11 is 0. The minimum Gasteiger partial charge on any atom is -0.478 e. The normalized spacial score (nSPS) is 9.73. The van der Waals surface area contributed by atoms with E-state index < -0.39 is 11.9 Å². The van der Waals surface area contributed by atoms with E-state index in [2.05, 4.69) is 0 Å². The van der Waals surface area contributed by atoms with Crippen LogP contribution in [0.2, 0.25) is 0 Å². The standard InChI is InChI=1S/C8H4O5.C2H6/c9-7(10)5-3-1-2-4(13-3)6(5)8(11)12;1-2/h1-2H,(H,9,10)(H,11,12);1-2H3. The van der Waals surface area contributed by atoms with Crippen LogP contribution in [-0.4, -0.2) is 22.2 Å². The summed E-state index contributed by atoms with van der Waals surface area (Å²) in [5.41, 5.74) is -0.352. The molecule has 5 nitrogen and oxygen atoms in total. The van der Waals surface area contributed by atoms with Gasteiger partial charge in [0.1, 0.15) is 22.3 Å². The highest BCUT2D eigenvalue weighted by molar-refractivity contribution is 6.12. The van der Waals surface area contributed by atoms with Gasteiger partial charge in [0, 0.05) is 0 Å². The van der Waals surface area contributed by atoms with Crippen LogP contribution in [0.5, 0.6) is 0 Å². The Morgan fingerprint density at radius 3 is 1.60 bits per heavy atom. The van der Waals surface area contributed by atoms with Crippen molar-refractivity contribution in [3.8, 4) is 0 Å². The molecule has 2 bridgehead atoms. The number of carboxylic acids is 2. The quantitative estimate of drug-likeness (QED) is 0.793. The molecular weight excluding hydrogens is 200 g/mol. The molecule has 2 N–H and O–H groups in total. The van der Waals surface area contributed by atoms with Gasteiger partial charge >= 0.3 is 11.9 Å². The van der Waals surface area contributed by atoms with E-state index in [1.165, 1.54) is 12.1 Å². The van der Waals surface area contributed by atoms with E-state index in [-0.39, 0.29) is 22.3 Å². The molecule has 0 aromatic carbocycles. The van der Waals surface area contributed by atoms with Crippen molar-refractivity contribution in [2.75, 3.05) is 0 Å². The number of carbonyl (C=O) groups is 2. The number of hydrogen-bond donors (Lipinski definition) is 2. The summed E-state index contributed by atoms with van der Waals surface area (Å²) in [6, 6.07) is 2.87. The van der Waals surface area contributed by atoms with Gasteiger partial charge in [0.25, 0.3) is 0 Å². The summed E-state index contributed by atoms with van der Waals surface area (Å²) < 4.78 is 4.91. The van der Waals surface area contributed by atoms with E-state index in [1.807, 2.05) is 13.8 Å². The van der Waals surface area contributed by atoms with Gasteiger partial charge in [-0.1, -0.05) is 13.8 Å². The number of aromatic carboxylic acids is 2. The van der Waals surface area contributed by atoms with Gasteiger partial charge in [-0.2, -0.15) is 0 Å².